The van der Waals surface area contributed by atoms with Crippen molar-refractivity contribution in [3.05, 3.63) is 24.2 Å². The summed E-state index contributed by atoms with van der Waals surface area (Å²) in [5, 5.41) is 2.66. The van der Waals surface area contributed by atoms with E-state index in [1.165, 1.54) is 0 Å². The van der Waals surface area contributed by atoms with Crippen molar-refractivity contribution < 1.29 is 4.79 Å². The lowest BCUT2D eigenvalue weighted by molar-refractivity contribution is -0.117. The third kappa shape index (κ3) is 1.89. The molecule has 0 saturated heterocycles. The Kier molecular flexibility index (Phi) is 2.72. The summed E-state index contributed by atoms with van der Waals surface area (Å²) in [6, 6.07) is 0.273. The summed E-state index contributed by atoms with van der Waals surface area (Å²) in [6.07, 6.45) is 1.76. The summed E-state index contributed by atoms with van der Waals surface area (Å²) < 4.78 is 0. The molecule has 0 atom stereocenters. The van der Waals surface area contributed by atoms with Gasteiger partial charge in [0.25, 0.3) is 5.91 Å². The van der Waals surface area contributed by atoms with Crippen molar-refractivity contribution in [2.24, 2.45) is 5.73 Å². The Labute approximate surface area is 78.1 Å². The van der Waals surface area contributed by atoms with Gasteiger partial charge in [0.1, 0.15) is 5.82 Å². The second kappa shape index (κ2) is 3.62. The largest absolute Gasteiger partial charge is 0.332 e. The molecule has 0 aromatic carbocycles. The summed E-state index contributed by atoms with van der Waals surface area (Å²) in [6.45, 7) is 8.04. The van der Waals surface area contributed by atoms with Crippen LogP contribution in [0.1, 0.15) is 13.8 Å². The van der Waals surface area contributed by atoms with Crippen molar-refractivity contribution in [1.82, 2.24) is 10.2 Å². The number of rotatable bonds is 2. The number of amides is 1. The molecule has 72 valence electrons. The maximum Gasteiger partial charge on any atom is 0.255 e. The summed E-state index contributed by atoms with van der Waals surface area (Å²) >= 11 is 0. The Bertz CT molecular complexity index is 268. The van der Waals surface area contributed by atoms with E-state index in [1.807, 2.05) is 18.7 Å². The van der Waals surface area contributed by atoms with E-state index < -0.39 is 0 Å². The summed E-state index contributed by atoms with van der Waals surface area (Å²) in [7, 11) is 0. The summed E-state index contributed by atoms with van der Waals surface area (Å²) in [5.41, 5.74) is 6.00. The van der Waals surface area contributed by atoms with Gasteiger partial charge in [-0.2, -0.15) is 0 Å². The zero-order valence-electron chi connectivity index (χ0n) is 8.00. The molecule has 0 spiro atoms. The molecule has 1 aliphatic heterocycles. The third-order valence-electron chi connectivity index (χ3n) is 1.93. The number of hydrogen-bond acceptors (Lipinski definition) is 3. The van der Waals surface area contributed by atoms with Crippen molar-refractivity contribution in [2.75, 3.05) is 6.54 Å². The Morgan fingerprint density at radius 2 is 2.31 bits per heavy atom. The summed E-state index contributed by atoms with van der Waals surface area (Å²) in [4.78, 5) is 13.1. The van der Waals surface area contributed by atoms with E-state index in [2.05, 4.69) is 11.9 Å². The normalized spacial score (nSPS) is 17.5. The van der Waals surface area contributed by atoms with Crippen LogP contribution in [0, 0.1) is 0 Å². The molecule has 3 N–H and O–H groups in total. The zero-order valence-corrected chi connectivity index (χ0v) is 8.00. The molecule has 1 heterocycles. The molecular weight excluding hydrogens is 166 g/mol. The zero-order chi connectivity index (χ0) is 10.0. The molecule has 0 saturated carbocycles. The smallest absolute Gasteiger partial charge is 0.255 e. The fourth-order valence-electron chi connectivity index (χ4n) is 1.19. The molecule has 0 aromatic heterocycles. The van der Waals surface area contributed by atoms with Gasteiger partial charge in [-0.3, -0.25) is 4.79 Å². The van der Waals surface area contributed by atoms with Gasteiger partial charge < -0.3 is 16.0 Å². The van der Waals surface area contributed by atoms with Gasteiger partial charge >= 0.3 is 0 Å². The van der Waals surface area contributed by atoms with E-state index in [-0.39, 0.29) is 18.5 Å². The van der Waals surface area contributed by atoms with E-state index in [4.69, 9.17) is 5.73 Å². The molecule has 4 heteroatoms. The molecule has 4 nitrogen and oxygen atoms in total. The predicted octanol–water partition coefficient (Wildman–Crippen LogP) is 0.140. The number of hydrogen-bond donors (Lipinski definition) is 2. The molecular formula is C9H15N3O. The van der Waals surface area contributed by atoms with E-state index in [0.29, 0.717) is 11.4 Å². The minimum atomic E-state index is -0.149. The predicted molar refractivity (Wildman–Crippen MR) is 51.4 cm³/mol. The van der Waals surface area contributed by atoms with Crippen LogP contribution in [0.15, 0.2) is 24.2 Å². The first-order chi connectivity index (χ1) is 6.06. The highest BCUT2D eigenvalue weighted by atomic mass is 16.2. The van der Waals surface area contributed by atoms with Crippen molar-refractivity contribution in [1.29, 1.82) is 0 Å². The first-order valence-electron chi connectivity index (χ1n) is 4.25. The van der Waals surface area contributed by atoms with Crippen molar-refractivity contribution in [2.45, 2.75) is 19.9 Å². The third-order valence-corrected chi connectivity index (χ3v) is 1.93. The highest BCUT2D eigenvalue weighted by molar-refractivity contribution is 5.95. The Morgan fingerprint density at radius 3 is 2.77 bits per heavy atom. The highest BCUT2D eigenvalue weighted by Gasteiger charge is 2.20. The van der Waals surface area contributed by atoms with E-state index in [9.17, 15) is 4.79 Å². The van der Waals surface area contributed by atoms with Crippen LogP contribution in [0.2, 0.25) is 0 Å². The monoisotopic (exact) mass is 181 g/mol. The van der Waals surface area contributed by atoms with Gasteiger partial charge in [0.2, 0.25) is 0 Å². The van der Waals surface area contributed by atoms with Gasteiger partial charge in [-0.25, -0.2) is 0 Å². The maximum atomic E-state index is 11.3. The van der Waals surface area contributed by atoms with Crippen LogP contribution in [-0.4, -0.2) is 23.4 Å². The van der Waals surface area contributed by atoms with Gasteiger partial charge in [0, 0.05) is 24.4 Å². The van der Waals surface area contributed by atoms with Gasteiger partial charge in [0.15, 0.2) is 0 Å². The second-order valence-corrected chi connectivity index (χ2v) is 3.26. The first kappa shape index (κ1) is 9.80. The Hall–Kier alpha value is -1.29. The van der Waals surface area contributed by atoms with Crippen LogP contribution in [0.3, 0.4) is 0 Å². The van der Waals surface area contributed by atoms with Crippen LogP contribution < -0.4 is 11.1 Å². The van der Waals surface area contributed by atoms with Gasteiger partial charge in [0.05, 0.1) is 0 Å². The molecule has 1 rings (SSSR count). The molecule has 0 unspecified atom stereocenters. The Morgan fingerprint density at radius 1 is 1.69 bits per heavy atom. The lowest BCUT2D eigenvalue weighted by atomic mass is 10.2. The molecule has 0 bridgehead atoms. The van der Waals surface area contributed by atoms with Crippen LogP contribution in [0.5, 0.6) is 0 Å². The fourth-order valence-corrected chi connectivity index (χ4v) is 1.19. The van der Waals surface area contributed by atoms with Crippen LogP contribution in [0.4, 0.5) is 0 Å². The molecule has 0 radical (unpaired) electrons. The molecule has 13 heavy (non-hydrogen) atoms. The molecule has 1 amide bonds. The number of nitrogens with one attached hydrogen (secondary N) is 1. The Balaban J connectivity index is 2.92. The second-order valence-electron chi connectivity index (χ2n) is 3.26. The average Bonchev–Trinajstić information content (AvgIpc) is 2.03. The molecule has 0 fully saturated rings. The van der Waals surface area contributed by atoms with Crippen LogP contribution in [-0.2, 0) is 4.79 Å². The van der Waals surface area contributed by atoms with Crippen molar-refractivity contribution in [3.63, 3.8) is 0 Å². The maximum absolute atomic E-state index is 11.3. The number of nitrogens with zero attached hydrogens (tertiary/aromatic N) is 1. The minimum absolute atomic E-state index is 0.149. The average molecular weight is 181 g/mol. The van der Waals surface area contributed by atoms with E-state index in [0.717, 1.165) is 0 Å². The lowest BCUT2D eigenvalue weighted by Crippen LogP contribution is -2.42. The van der Waals surface area contributed by atoms with Gasteiger partial charge in [-0.15, -0.1) is 0 Å². The quantitative estimate of drug-likeness (QED) is 0.637. The van der Waals surface area contributed by atoms with Crippen molar-refractivity contribution in [3.8, 4) is 0 Å². The number of carbonyl (C=O) groups excluding carboxylic acids is 1. The number of carbonyl (C=O) groups is 1. The van der Waals surface area contributed by atoms with Crippen LogP contribution in [0.25, 0.3) is 0 Å². The summed E-state index contributed by atoms with van der Waals surface area (Å²) in [5.74, 6) is 0.460. The molecule has 0 aliphatic carbocycles. The topological polar surface area (TPSA) is 58.4 Å². The standard InChI is InChI=1S/C9H15N3O/c1-6(2)12-5-8(4-10)9(13)11-7(12)3/h5-6H,3-4,10H2,1-2H3,(H,11,13). The molecule has 1 aliphatic rings. The first-order valence-corrected chi connectivity index (χ1v) is 4.25. The minimum Gasteiger partial charge on any atom is -0.332 e. The van der Waals surface area contributed by atoms with E-state index in [1.54, 1.807) is 6.20 Å². The molecule has 0 aromatic rings. The lowest BCUT2D eigenvalue weighted by Gasteiger charge is -2.31. The van der Waals surface area contributed by atoms with Crippen LogP contribution >= 0.6 is 0 Å². The SMILES string of the molecule is C=C1NC(=O)C(CN)=CN1C(C)C. The van der Waals surface area contributed by atoms with Gasteiger partial charge in [-0.05, 0) is 13.8 Å². The van der Waals surface area contributed by atoms with Crippen molar-refractivity contribution >= 4 is 5.91 Å². The van der Waals surface area contributed by atoms with Gasteiger partial charge in [-0.1, -0.05) is 6.58 Å². The fraction of sp³-hybridized carbons (Fsp3) is 0.444. The highest BCUT2D eigenvalue weighted by Crippen LogP contribution is 2.13. The number of nitrogens with two attached hydrogens (primary N) is 1. The van der Waals surface area contributed by atoms with E-state index >= 15 is 0 Å².